The zero-order valence-electron chi connectivity index (χ0n) is 9.65. The number of primary amides is 1. The molecule has 2 fully saturated rings. The Hall–Kier alpha value is -0.650. The van der Waals surface area contributed by atoms with Gasteiger partial charge in [-0.1, -0.05) is 0 Å². The van der Waals surface area contributed by atoms with Crippen molar-refractivity contribution in [2.45, 2.75) is 18.9 Å². The number of nitrogens with one attached hydrogen (secondary N) is 1. The fraction of sp³-hybridized carbons (Fsp3) is 0.909. The maximum absolute atomic E-state index is 11.3. The Labute approximate surface area is 96.3 Å². The van der Waals surface area contributed by atoms with Crippen LogP contribution in [0, 0.1) is 5.92 Å². The van der Waals surface area contributed by atoms with Crippen LogP contribution in [0.1, 0.15) is 12.8 Å². The zero-order chi connectivity index (χ0) is 11.4. The smallest absolute Gasteiger partial charge is 0.237 e. The van der Waals surface area contributed by atoms with Gasteiger partial charge in [-0.15, -0.1) is 0 Å². The van der Waals surface area contributed by atoms with E-state index in [2.05, 4.69) is 10.2 Å². The normalized spacial score (nSPS) is 32.5. The van der Waals surface area contributed by atoms with Crippen molar-refractivity contribution in [3.63, 3.8) is 0 Å². The molecule has 5 nitrogen and oxygen atoms in total. The number of amides is 1. The van der Waals surface area contributed by atoms with Gasteiger partial charge < -0.3 is 15.8 Å². The van der Waals surface area contributed by atoms with E-state index < -0.39 is 0 Å². The number of carbonyl (C=O) groups is 1. The Bertz CT molecular complexity index is 241. The SMILES string of the molecule is NC(=O)C1COCCN1CC1CCCNC1. The lowest BCUT2D eigenvalue weighted by atomic mass is 9.98. The second-order valence-electron chi connectivity index (χ2n) is 4.70. The summed E-state index contributed by atoms with van der Waals surface area (Å²) in [5.74, 6) is 0.386. The molecule has 0 aliphatic carbocycles. The third-order valence-corrected chi connectivity index (χ3v) is 3.46. The van der Waals surface area contributed by atoms with Crippen LogP contribution in [0.4, 0.5) is 0 Å². The largest absolute Gasteiger partial charge is 0.378 e. The second-order valence-corrected chi connectivity index (χ2v) is 4.70. The molecule has 2 rings (SSSR count). The van der Waals surface area contributed by atoms with Crippen molar-refractivity contribution in [1.82, 2.24) is 10.2 Å². The number of nitrogens with zero attached hydrogens (tertiary/aromatic N) is 1. The molecule has 2 aliphatic heterocycles. The van der Waals surface area contributed by atoms with Gasteiger partial charge in [-0.2, -0.15) is 0 Å². The third kappa shape index (κ3) is 2.93. The first kappa shape index (κ1) is 11.8. The van der Waals surface area contributed by atoms with Crippen LogP contribution in [-0.2, 0) is 9.53 Å². The van der Waals surface area contributed by atoms with Crippen molar-refractivity contribution in [3.05, 3.63) is 0 Å². The molecule has 3 N–H and O–H groups in total. The second kappa shape index (κ2) is 5.61. The van der Waals surface area contributed by atoms with E-state index >= 15 is 0 Å². The monoisotopic (exact) mass is 227 g/mol. The Kier molecular flexibility index (Phi) is 4.15. The Balaban J connectivity index is 1.87. The lowest BCUT2D eigenvalue weighted by molar-refractivity contribution is -0.129. The Morgan fingerprint density at radius 1 is 1.56 bits per heavy atom. The highest BCUT2D eigenvalue weighted by Crippen LogP contribution is 2.15. The summed E-state index contributed by atoms with van der Waals surface area (Å²) in [6.07, 6.45) is 2.48. The molecule has 2 saturated heterocycles. The first-order valence-electron chi connectivity index (χ1n) is 6.09. The molecule has 0 saturated carbocycles. The van der Waals surface area contributed by atoms with Gasteiger partial charge in [0.2, 0.25) is 5.91 Å². The fourth-order valence-corrected chi connectivity index (χ4v) is 2.53. The van der Waals surface area contributed by atoms with Crippen molar-refractivity contribution >= 4 is 5.91 Å². The molecule has 0 aromatic carbocycles. The van der Waals surface area contributed by atoms with Gasteiger partial charge >= 0.3 is 0 Å². The summed E-state index contributed by atoms with van der Waals surface area (Å²) in [4.78, 5) is 13.5. The molecule has 0 bridgehead atoms. The number of nitrogens with two attached hydrogens (primary N) is 1. The molecule has 0 aromatic rings. The number of carbonyl (C=O) groups excluding carboxylic acids is 1. The first-order valence-corrected chi connectivity index (χ1v) is 6.09. The average Bonchev–Trinajstić information content (AvgIpc) is 2.31. The van der Waals surface area contributed by atoms with Gasteiger partial charge in [0.1, 0.15) is 6.04 Å². The minimum absolute atomic E-state index is 0.226. The summed E-state index contributed by atoms with van der Waals surface area (Å²) in [6, 6.07) is -0.226. The molecule has 2 unspecified atom stereocenters. The van der Waals surface area contributed by atoms with E-state index in [-0.39, 0.29) is 11.9 Å². The van der Waals surface area contributed by atoms with Crippen molar-refractivity contribution in [1.29, 1.82) is 0 Å². The van der Waals surface area contributed by atoms with Crippen molar-refractivity contribution < 1.29 is 9.53 Å². The van der Waals surface area contributed by atoms with Gasteiger partial charge in [-0.25, -0.2) is 0 Å². The molecule has 0 radical (unpaired) electrons. The highest BCUT2D eigenvalue weighted by atomic mass is 16.5. The number of hydrogen-bond acceptors (Lipinski definition) is 4. The maximum atomic E-state index is 11.3. The highest BCUT2D eigenvalue weighted by Gasteiger charge is 2.29. The van der Waals surface area contributed by atoms with E-state index in [0.717, 1.165) is 26.2 Å². The van der Waals surface area contributed by atoms with Gasteiger partial charge in [0.15, 0.2) is 0 Å². The zero-order valence-corrected chi connectivity index (χ0v) is 9.65. The third-order valence-electron chi connectivity index (χ3n) is 3.46. The topological polar surface area (TPSA) is 67.6 Å². The quantitative estimate of drug-likeness (QED) is 0.660. The predicted octanol–water partition coefficient (Wildman–Crippen LogP) is -0.828. The fourth-order valence-electron chi connectivity index (χ4n) is 2.53. The van der Waals surface area contributed by atoms with Crippen molar-refractivity contribution in [2.75, 3.05) is 39.4 Å². The minimum Gasteiger partial charge on any atom is -0.378 e. The molecule has 2 heterocycles. The summed E-state index contributed by atoms with van der Waals surface area (Å²) in [7, 11) is 0. The number of hydrogen-bond donors (Lipinski definition) is 2. The lowest BCUT2D eigenvalue weighted by Gasteiger charge is -2.37. The Morgan fingerprint density at radius 2 is 2.44 bits per heavy atom. The molecule has 0 spiro atoms. The molecule has 16 heavy (non-hydrogen) atoms. The van der Waals surface area contributed by atoms with Crippen LogP contribution >= 0.6 is 0 Å². The van der Waals surface area contributed by atoms with Crippen LogP contribution in [-0.4, -0.2) is 56.2 Å². The van der Waals surface area contributed by atoms with Crippen molar-refractivity contribution in [3.8, 4) is 0 Å². The average molecular weight is 227 g/mol. The molecule has 2 atom stereocenters. The first-order chi connectivity index (χ1) is 7.77. The number of ether oxygens (including phenoxy) is 1. The highest BCUT2D eigenvalue weighted by molar-refractivity contribution is 5.80. The van der Waals surface area contributed by atoms with Gasteiger partial charge in [0.05, 0.1) is 13.2 Å². The van der Waals surface area contributed by atoms with Crippen molar-refractivity contribution in [2.24, 2.45) is 11.7 Å². The molecule has 92 valence electrons. The van der Waals surface area contributed by atoms with Gasteiger partial charge in [0, 0.05) is 13.1 Å². The van der Waals surface area contributed by atoms with E-state index in [1.54, 1.807) is 0 Å². The van der Waals surface area contributed by atoms with E-state index in [9.17, 15) is 4.79 Å². The minimum atomic E-state index is -0.261. The lowest BCUT2D eigenvalue weighted by Crippen LogP contribution is -2.54. The molecule has 1 amide bonds. The number of rotatable bonds is 3. The van der Waals surface area contributed by atoms with Gasteiger partial charge in [-0.05, 0) is 31.8 Å². The molecular formula is C11H21N3O2. The van der Waals surface area contributed by atoms with Crippen LogP contribution < -0.4 is 11.1 Å². The van der Waals surface area contributed by atoms with Crippen LogP contribution in [0.2, 0.25) is 0 Å². The van der Waals surface area contributed by atoms with Crippen LogP contribution in [0.3, 0.4) is 0 Å². The van der Waals surface area contributed by atoms with E-state index in [4.69, 9.17) is 10.5 Å². The summed E-state index contributed by atoms with van der Waals surface area (Å²) in [5, 5.41) is 3.39. The summed E-state index contributed by atoms with van der Waals surface area (Å²) < 4.78 is 5.30. The van der Waals surface area contributed by atoms with E-state index in [1.165, 1.54) is 12.8 Å². The van der Waals surface area contributed by atoms with Crippen LogP contribution in [0.25, 0.3) is 0 Å². The molecule has 5 heteroatoms. The maximum Gasteiger partial charge on any atom is 0.237 e. The molecule has 2 aliphatic rings. The van der Waals surface area contributed by atoms with Gasteiger partial charge in [0.25, 0.3) is 0 Å². The predicted molar refractivity (Wildman–Crippen MR) is 61.0 cm³/mol. The van der Waals surface area contributed by atoms with Crippen LogP contribution in [0.5, 0.6) is 0 Å². The number of piperidine rings is 1. The van der Waals surface area contributed by atoms with Crippen LogP contribution in [0.15, 0.2) is 0 Å². The molecular weight excluding hydrogens is 206 g/mol. The Morgan fingerprint density at radius 3 is 3.12 bits per heavy atom. The summed E-state index contributed by atoms with van der Waals surface area (Å²) in [6.45, 7) is 5.13. The molecule has 0 aromatic heterocycles. The standard InChI is InChI=1S/C11H21N3O2/c12-11(15)10-8-16-5-4-14(10)7-9-2-1-3-13-6-9/h9-10,13H,1-8H2,(H2,12,15). The van der Waals surface area contributed by atoms with E-state index in [0.29, 0.717) is 19.1 Å². The summed E-state index contributed by atoms with van der Waals surface area (Å²) in [5.41, 5.74) is 5.39. The number of morpholine rings is 1. The summed E-state index contributed by atoms with van der Waals surface area (Å²) >= 11 is 0. The van der Waals surface area contributed by atoms with Gasteiger partial charge in [-0.3, -0.25) is 9.69 Å². The van der Waals surface area contributed by atoms with E-state index in [1.807, 2.05) is 0 Å².